The maximum Gasteiger partial charge on any atom is 0.278 e. The first-order valence-electron chi connectivity index (χ1n) is 6.90. The van der Waals surface area contributed by atoms with Crippen LogP contribution in [0, 0.1) is 11.8 Å². The predicted octanol–water partition coefficient (Wildman–Crippen LogP) is 2.22. The molecule has 1 aromatic carbocycles. The highest BCUT2D eigenvalue weighted by atomic mass is 19.1. The van der Waals surface area contributed by atoms with E-state index in [9.17, 15) is 18.7 Å². The summed E-state index contributed by atoms with van der Waals surface area (Å²) in [5, 5.41) is 16.2. The molecule has 0 aliphatic carbocycles. The van der Waals surface area contributed by atoms with Crippen molar-refractivity contribution in [2.75, 3.05) is 0 Å². The van der Waals surface area contributed by atoms with Gasteiger partial charge in [0.1, 0.15) is 30.0 Å². The third kappa shape index (κ3) is 3.15. The molecule has 24 heavy (non-hydrogen) atoms. The number of aliphatic hydroxyl groups is 1. The van der Waals surface area contributed by atoms with Crippen molar-refractivity contribution in [3.63, 3.8) is 0 Å². The van der Waals surface area contributed by atoms with E-state index in [4.69, 9.17) is 4.42 Å². The Kier molecular flexibility index (Phi) is 4.33. The van der Waals surface area contributed by atoms with Crippen molar-refractivity contribution >= 4 is 11.5 Å². The minimum Gasteiger partial charge on any atom is -0.435 e. The van der Waals surface area contributed by atoms with Gasteiger partial charge in [-0.1, -0.05) is 12.1 Å². The van der Waals surface area contributed by atoms with E-state index in [0.29, 0.717) is 5.56 Å². The van der Waals surface area contributed by atoms with E-state index in [0.717, 1.165) is 12.4 Å². The minimum absolute atomic E-state index is 0.0164. The second-order valence-corrected chi connectivity index (χ2v) is 4.98. The number of halogens is 2. The van der Waals surface area contributed by atoms with Crippen molar-refractivity contribution in [1.29, 1.82) is 0 Å². The molecule has 0 amide bonds. The molecule has 0 saturated heterocycles. The summed E-state index contributed by atoms with van der Waals surface area (Å²) < 4.78 is 31.5. The van der Waals surface area contributed by atoms with E-state index in [1.54, 1.807) is 5.94 Å². The molecule has 2 aromatic heterocycles. The van der Waals surface area contributed by atoms with Crippen LogP contribution in [0.25, 0.3) is 5.57 Å². The summed E-state index contributed by atoms with van der Waals surface area (Å²) in [5.41, 5.74) is 0.471. The van der Waals surface area contributed by atoms with Crippen LogP contribution in [-0.4, -0.2) is 26.2 Å². The molecule has 2 N–H and O–H groups in total. The summed E-state index contributed by atoms with van der Waals surface area (Å²) >= 11 is 0. The normalized spacial score (nSPS) is 12.0. The van der Waals surface area contributed by atoms with Crippen molar-refractivity contribution in [2.45, 2.75) is 12.5 Å². The van der Waals surface area contributed by atoms with Gasteiger partial charge in [-0.05, 0) is 17.7 Å². The number of H-pyrrole nitrogens is 1. The van der Waals surface area contributed by atoms with Crippen LogP contribution < -0.4 is 0 Å². The largest absolute Gasteiger partial charge is 0.435 e. The molecule has 1 atom stereocenters. The van der Waals surface area contributed by atoms with Crippen molar-refractivity contribution in [3.8, 4) is 0 Å². The summed E-state index contributed by atoms with van der Waals surface area (Å²) in [6, 6.07) is 5.61. The van der Waals surface area contributed by atoms with Crippen molar-refractivity contribution in [2.24, 2.45) is 0 Å². The van der Waals surface area contributed by atoms with Gasteiger partial charge in [-0.15, -0.1) is 0 Å². The third-order valence-electron chi connectivity index (χ3n) is 3.42. The molecule has 0 radical (unpaired) electrons. The second-order valence-electron chi connectivity index (χ2n) is 4.98. The molecule has 0 fully saturated rings. The van der Waals surface area contributed by atoms with E-state index in [-0.39, 0.29) is 29.1 Å². The maximum absolute atomic E-state index is 13.6. The average molecular weight is 331 g/mol. The number of rotatable bonds is 5. The zero-order valence-corrected chi connectivity index (χ0v) is 12.2. The number of benzene rings is 1. The van der Waals surface area contributed by atoms with Gasteiger partial charge in [0, 0.05) is 18.1 Å². The topological polar surface area (TPSA) is 92.0 Å². The van der Waals surface area contributed by atoms with Crippen molar-refractivity contribution in [1.82, 2.24) is 15.2 Å². The van der Waals surface area contributed by atoms with Crippen LogP contribution >= 0.6 is 0 Å². The minimum atomic E-state index is -1.46. The Morgan fingerprint density at radius 1 is 1.33 bits per heavy atom. The van der Waals surface area contributed by atoms with Crippen LogP contribution in [0.5, 0.6) is 0 Å². The maximum atomic E-state index is 13.6. The van der Waals surface area contributed by atoms with Crippen LogP contribution in [0.3, 0.4) is 0 Å². The Morgan fingerprint density at radius 3 is 2.71 bits per heavy atom. The smallest absolute Gasteiger partial charge is 0.278 e. The Hall–Kier alpha value is -3.09. The first-order chi connectivity index (χ1) is 11.6. The molecule has 6 nitrogen and oxygen atoms in total. The zero-order chi connectivity index (χ0) is 17.1. The fraction of sp³-hybridized carbons (Fsp3) is 0.125. The summed E-state index contributed by atoms with van der Waals surface area (Å²) in [6.45, 7) is 0. The molecule has 1 unspecified atom stereocenters. The highest BCUT2D eigenvalue weighted by Crippen LogP contribution is 2.31. The van der Waals surface area contributed by atoms with Gasteiger partial charge in [-0.25, -0.2) is 14.2 Å². The fourth-order valence-electron chi connectivity index (χ4n) is 2.28. The molecular formula is C16H11F2N3O3. The van der Waals surface area contributed by atoms with Gasteiger partial charge in [-0.3, -0.25) is 5.10 Å². The molecule has 0 aliphatic rings. The standard InChI is InChI=1S/C16H11F2N3O3/c17-10-3-1-9(2-4-10)5-13-11(6-14(18)24-13)12(7-22)15(23)16-19-8-20-21-16/h1-4,6,8,15,23H,5H2,(H,19,20,21). The summed E-state index contributed by atoms with van der Waals surface area (Å²) in [5.74, 6) is 1.32. The highest BCUT2D eigenvalue weighted by molar-refractivity contribution is 5.90. The number of hydrogen-bond acceptors (Lipinski definition) is 5. The molecule has 8 heteroatoms. The molecule has 122 valence electrons. The number of carbonyl (C=O) groups excluding carboxylic acids is 1. The number of aliphatic hydroxyl groups excluding tert-OH is 1. The molecule has 0 bridgehead atoms. The zero-order valence-electron chi connectivity index (χ0n) is 12.2. The quantitative estimate of drug-likeness (QED) is 0.699. The Morgan fingerprint density at radius 2 is 2.08 bits per heavy atom. The first-order valence-corrected chi connectivity index (χ1v) is 6.90. The number of nitrogens with one attached hydrogen (secondary N) is 1. The van der Waals surface area contributed by atoms with Crippen LogP contribution in [0.2, 0.25) is 0 Å². The highest BCUT2D eigenvalue weighted by Gasteiger charge is 2.25. The number of furan rings is 1. The monoisotopic (exact) mass is 331 g/mol. The Balaban J connectivity index is 1.95. The summed E-state index contributed by atoms with van der Waals surface area (Å²) in [6.07, 6.45) is -0.196. The van der Waals surface area contributed by atoms with E-state index in [1.165, 1.54) is 24.3 Å². The lowest BCUT2D eigenvalue weighted by Crippen LogP contribution is -2.05. The predicted molar refractivity (Wildman–Crippen MR) is 78.3 cm³/mol. The molecule has 3 aromatic rings. The van der Waals surface area contributed by atoms with Crippen LogP contribution in [0.15, 0.2) is 41.1 Å². The van der Waals surface area contributed by atoms with Gasteiger partial charge >= 0.3 is 0 Å². The first kappa shape index (κ1) is 15.8. The van der Waals surface area contributed by atoms with Gasteiger partial charge in [0.25, 0.3) is 6.01 Å². The van der Waals surface area contributed by atoms with Gasteiger partial charge in [0.15, 0.2) is 5.82 Å². The molecule has 0 saturated carbocycles. The molecular weight excluding hydrogens is 320 g/mol. The van der Waals surface area contributed by atoms with Gasteiger partial charge < -0.3 is 9.52 Å². The SMILES string of the molecule is O=C=C(c1cc(F)oc1Cc1ccc(F)cc1)C(O)c1ncn[nH]1. The lowest BCUT2D eigenvalue weighted by molar-refractivity contribution is 0.228. The Bertz CT molecular complexity index is 882. The Labute approximate surface area is 134 Å². The van der Waals surface area contributed by atoms with Gasteiger partial charge in [0.2, 0.25) is 0 Å². The number of aromatic amines is 1. The van der Waals surface area contributed by atoms with E-state index in [2.05, 4.69) is 15.2 Å². The lowest BCUT2D eigenvalue weighted by Gasteiger charge is -2.09. The molecule has 2 heterocycles. The van der Waals surface area contributed by atoms with Gasteiger partial charge in [0.05, 0.1) is 5.57 Å². The van der Waals surface area contributed by atoms with Crippen molar-refractivity contribution in [3.05, 3.63) is 71.2 Å². The summed E-state index contributed by atoms with van der Waals surface area (Å²) in [7, 11) is 0. The second kappa shape index (κ2) is 6.57. The molecule has 3 rings (SSSR count). The number of hydrogen-bond donors (Lipinski definition) is 2. The lowest BCUT2D eigenvalue weighted by atomic mass is 9.99. The third-order valence-corrected chi connectivity index (χ3v) is 3.42. The van der Waals surface area contributed by atoms with E-state index < -0.39 is 17.9 Å². The average Bonchev–Trinajstić information content (AvgIpc) is 3.21. The fourth-order valence-corrected chi connectivity index (χ4v) is 2.28. The molecule has 0 spiro atoms. The van der Waals surface area contributed by atoms with Crippen LogP contribution in [0.4, 0.5) is 8.78 Å². The number of aromatic nitrogens is 3. The van der Waals surface area contributed by atoms with E-state index >= 15 is 0 Å². The summed E-state index contributed by atoms with van der Waals surface area (Å²) in [4.78, 5) is 15.1. The van der Waals surface area contributed by atoms with Crippen LogP contribution in [-0.2, 0) is 11.2 Å². The van der Waals surface area contributed by atoms with Gasteiger partial charge in [-0.2, -0.15) is 9.49 Å². The van der Waals surface area contributed by atoms with Crippen LogP contribution in [0.1, 0.15) is 28.8 Å². The molecule has 0 aliphatic heterocycles. The van der Waals surface area contributed by atoms with Crippen molar-refractivity contribution < 1.29 is 23.1 Å². The number of nitrogens with zero attached hydrogens (tertiary/aromatic N) is 2. The van der Waals surface area contributed by atoms with E-state index in [1.807, 2.05) is 0 Å².